The number of carbonyl (C=O) groups excluding carboxylic acids is 2. The Balaban J connectivity index is 2.59. The molecule has 0 fully saturated rings. The summed E-state index contributed by atoms with van der Waals surface area (Å²) in [6.07, 6.45) is 0.0266. The van der Waals surface area contributed by atoms with Gasteiger partial charge in [-0.1, -0.05) is 0 Å². The molecule has 0 aromatic heterocycles. The summed E-state index contributed by atoms with van der Waals surface area (Å²) >= 11 is 0. The average Bonchev–Trinajstić information content (AvgIpc) is 2.55. The van der Waals surface area contributed by atoms with Gasteiger partial charge in [0.2, 0.25) is 5.91 Å². The predicted octanol–water partition coefficient (Wildman–Crippen LogP) is -0.131. The van der Waals surface area contributed by atoms with Gasteiger partial charge in [-0.25, -0.2) is 4.99 Å². The molecular weight excluding hydrogens is 218 g/mol. The molecule has 5 nitrogen and oxygen atoms in total. The van der Waals surface area contributed by atoms with Crippen molar-refractivity contribution in [3.63, 3.8) is 0 Å². The summed E-state index contributed by atoms with van der Waals surface area (Å²) in [5, 5.41) is 12.5. The maximum Gasteiger partial charge on any atom is 0.275 e. The molecule has 1 heterocycles. The van der Waals surface area contributed by atoms with Gasteiger partial charge in [0.1, 0.15) is 0 Å². The molecule has 1 aromatic rings. The fourth-order valence-corrected chi connectivity index (χ4v) is 1.70. The highest BCUT2D eigenvalue weighted by molar-refractivity contribution is 6.15. The van der Waals surface area contributed by atoms with Gasteiger partial charge in [0.05, 0.1) is 17.8 Å². The van der Waals surface area contributed by atoms with Crippen LogP contribution in [0.4, 0.5) is 5.69 Å². The van der Waals surface area contributed by atoms with E-state index in [0.717, 1.165) is 0 Å². The first-order chi connectivity index (χ1) is 8.11. The quantitative estimate of drug-likeness (QED) is 0.764. The summed E-state index contributed by atoms with van der Waals surface area (Å²) in [5.74, 6) is -0.561. The molecule has 2 amide bonds. The highest BCUT2D eigenvalue weighted by Crippen LogP contribution is 2.07. The van der Waals surface area contributed by atoms with Crippen molar-refractivity contribution < 1.29 is 9.59 Å². The highest BCUT2D eigenvalue weighted by atomic mass is 16.2. The van der Waals surface area contributed by atoms with Crippen LogP contribution in [0.2, 0.25) is 0 Å². The van der Waals surface area contributed by atoms with E-state index >= 15 is 0 Å². The van der Waals surface area contributed by atoms with Crippen molar-refractivity contribution in [2.24, 2.45) is 4.99 Å². The van der Waals surface area contributed by atoms with Gasteiger partial charge in [0.15, 0.2) is 0 Å². The van der Waals surface area contributed by atoms with Crippen LogP contribution in [0.15, 0.2) is 23.2 Å². The predicted molar refractivity (Wildman–Crippen MR) is 60.2 cm³/mol. The van der Waals surface area contributed by atoms with Crippen LogP contribution < -0.4 is 15.9 Å². The SMILES string of the molecule is CC(=O)Nc1ccc2c(c1)=C(CC#N)C(=O)N=2. The van der Waals surface area contributed by atoms with Crippen LogP contribution in [0, 0.1) is 11.3 Å². The number of hydrogen-bond donors (Lipinski definition) is 1. The zero-order chi connectivity index (χ0) is 12.4. The maximum absolute atomic E-state index is 11.5. The molecule has 1 aliphatic rings. The number of anilines is 1. The monoisotopic (exact) mass is 227 g/mol. The number of carbonyl (C=O) groups is 2. The number of nitriles is 1. The summed E-state index contributed by atoms with van der Waals surface area (Å²) in [4.78, 5) is 26.3. The molecule has 1 N–H and O–H groups in total. The molecule has 0 radical (unpaired) electrons. The number of nitrogens with one attached hydrogen (secondary N) is 1. The lowest BCUT2D eigenvalue weighted by molar-refractivity contribution is -0.114. The Labute approximate surface area is 97.1 Å². The lowest BCUT2D eigenvalue weighted by Crippen LogP contribution is -2.24. The Morgan fingerprint density at radius 1 is 1.53 bits per heavy atom. The summed E-state index contributed by atoms with van der Waals surface area (Å²) in [6.45, 7) is 1.41. The first-order valence-corrected chi connectivity index (χ1v) is 5.02. The van der Waals surface area contributed by atoms with Crippen molar-refractivity contribution in [3.05, 3.63) is 28.8 Å². The number of amides is 2. The zero-order valence-corrected chi connectivity index (χ0v) is 9.15. The van der Waals surface area contributed by atoms with E-state index in [1.807, 2.05) is 6.07 Å². The minimum Gasteiger partial charge on any atom is -0.326 e. The second-order valence-electron chi connectivity index (χ2n) is 3.64. The van der Waals surface area contributed by atoms with E-state index in [9.17, 15) is 9.59 Å². The molecular formula is C12H9N3O2. The van der Waals surface area contributed by atoms with E-state index in [2.05, 4.69) is 10.3 Å². The Kier molecular flexibility index (Phi) is 2.71. The Morgan fingerprint density at radius 2 is 2.29 bits per heavy atom. The van der Waals surface area contributed by atoms with E-state index in [1.54, 1.807) is 18.2 Å². The Hall–Kier alpha value is -2.48. The van der Waals surface area contributed by atoms with Crippen molar-refractivity contribution in [1.29, 1.82) is 5.26 Å². The zero-order valence-electron chi connectivity index (χ0n) is 9.15. The molecule has 5 heteroatoms. The minimum absolute atomic E-state index is 0.0266. The normalized spacial score (nSPS) is 12.7. The van der Waals surface area contributed by atoms with Crippen LogP contribution in [-0.2, 0) is 9.59 Å². The number of fused-ring (bicyclic) bond motifs is 1. The van der Waals surface area contributed by atoms with Crippen molar-refractivity contribution in [3.8, 4) is 6.07 Å². The lowest BCUT2D eigenvalue weighted by atomic mass is 10.1. The topological polar surface area (TPSA) is 82.3 Å². The van der Waals surface area contributed by atoms with E-state index in [-0.39, 0.29) is 18.2 Å². The minimum atomic E-state index is -0.374. The van der Waals surface area contributed by atoms with Crippen LogP contribution in [0.3, 0.4) is 0 Å². The van der Waals surface area contributed by atoms with Gasteiger partial charge in [0.25, 0.3) is 5.91 Å². The Bertz CT molecular complexity index is 668. The Morgan fingerprint density at radius 3 is 2.94 bits per heavy atom. The second-order valence-corrected chi connectivity index (χ2v) is 3.64. The molecule has 0 bridgehead atoms. The van der Waals surface area contributed by atoms with Gasteiger partial charge in [-0.2, -0.15) is 5.26 Å². The molecule has 0 saturated heterocycles. The van der Waals surface area contributed by atoms with E-state index in [0.29, 0.717) is 21.8 Å². The molecule has 2 rings (SSSR count). The van der Waals surface area contributed by atoms with Crippen LogP contribution in [-0.4, -0.2) is 11.8 Å². The number of nitrogens with zero attached hydrogens (tertiary/aromatic N) is 2. The van der Waals surface area contributed by atoms with Crippen LogP contribution in [0.1, 0.15) is 13.3 Å². The van der Waals surface area contributed by atoms with E-state index in [4.69, 9.17) is 5.26 Å². The smallest absolute Gasteiger partial charge is 0.275 e. The van der Waals surface area contributed by atoms with Gasteiger partial charge >= 0.3 is 0 Å². The van der Waals surface area contributed by atoms with Gasteiger partial charge in [-0.05, 0) is 18.2 Å². The molecule has 84 valence electrons. The standard InChI is InChI=1S/C12H9N3O2/c1-7(16)14-8-2-3-11-10(6-8)9(4-5-13)12(17)15-11/h2-3,6H,4H2,1H3,(H,14,16). The van der Waals surface area contributed by atoms with Crippen molar-refractivity contribution in [2.45, 2.75) is 13.3 Å². The summed E-state index contributed by atoms with van der Waals surface area (Å²) in [6, 6.07) is 6.93. The van der Waals surface area contributed by atoms with Crippen molar-refractivity contribution in [1.82, 2.24) is 0 Å². The lowest BCUT2D eigenvalue weighted by Gasteiger charge is -2.00. The van der Waals surface area contributed by atoms with Crippen molar-refractivity contribution >= 4 is 23.1 Å². The van der Waals surface area contributed by atoms with E-state index < -0.39 is 0 Å². The third-order valence-corrected chi connectivity index (χ3v) is 2.38. The third kappa shape index (κ3) is 2.06. The highest BCUT2D eigenvalue weighted by Gasteiger charge is 2.15. The molecule has 0 atom stereocenters. The van der Waals surface area contributed by atoms with Gasteiger partial charge < -0.3 is 5.32 Å². The first-order valence-electron chi connectivity index (χ1n) is 5.02. The number of benzene rings is 1. The largest absolute Gasteiger partial charge is 0.326 e. The summed E-state index contributed by atoms with van der Waals surface area (Å²) in [7, 11) is 0. The van der Waals surface area contributed by atoms with Gasteiger partial charge in [-0.15, -0.1) is 0 Å². The maximum atomic E-state index is 11.5. The van der Waals surface area contributed by atoms with Crippen LogP contribution in [0.5, 0.6) is 0 Å². The van der Waals surface area contributed by atoms with Crippen LogP contribution >= 0.6 is 0 Å². The molecule has 0 aliphatic carbocycles. The average molecular weight is 227 g/mol. The molecule has 1 aliphatic heterocycles. The van der Waals surface area contributed by atoms with Gasteiger partial charge in [0, 0.05) is 23.4 Å². The van der Waals surface area contributed by atoms with E-state index in [1.165, 1.54) is 6.92 Å². The third-order valence-electron chi connectivity index (χ3n) is 2.38. The first kappa shape index (κ1) is 11.0. The molecule has 17 heavy (non-hydrogen) atoms. The van der Waals surface area contributed by atoms with Gasteiger partial charge in [-0.3, -0.25) is 9.59 Å². The fourth-order valence-electron chi connectivity index (χ4n) is 1.70. The number of rotatable bonds is 2. The summed E-state index contributed by atoms with van der Waals surface area (Å²) in [5.41, 5.74) is 0.978. The molecule has 0 unspecified atom stereocenters. The molecule has 0 saturated carbocycles. The van der Waals surface area contributed by atoms with Crippen LogP contribution in [0.25, 0.3) is 5.57 Å². The van der Waals surface area contributed by atoms with Crippen molar-refractivity contribution in [2.75, 3.05) is 5.32 Å². The fraction of sp³-hybridized carbons (Fsp3) is 0.167. The molecule has 0 spiro atoms. The second kappa shape index (κ2) is 4.18. The molecule has 1 aromatic carbocycles. The number of hydrogen-bond acceptors (Lipinski definition) is 3. The summed E-state index contributed by atoms with van der Waals surface area (Å²) < 4.78 is 0.